The molecule has 0 saturated carbocycles. The van der Waals surface area contributed by atoms with E-state index < -0.39 is 5.91 Å². The number of nitrogen functional groups attached to an aromatic ring is 2. The van der Waals surface area contributed by atoms with Crippen molar-refractivity contribution in [2.24, 2.45) is 0 Å². The minimum atomic E-state index is -0.501. The first-order chi connectivity index (χ1) is 17.7. The highest BCUT2D eigenvalue weighted by atomic mass is 35.5. The van der Waals surface area contributed by atoms with Gasteiger partial charge in [-0.2, -0.15) is 0 Å². The van der Waals surface area contributed by atoms with Crippen LogP contribution in [-0.2, 0) is 24.4 Å². The lowest BCUT2D eigenvalue weighted by Gasteiger charge is -2.10. The Morgan fingerprint density at radius 2 is 1.92 bits per heavy atom. The molecule has 0 aliphatic heterocycles. The molecule has 6 N–H and O–H groups in total. The Labute approximate surface area is 220 Å². The lowest BCUT2D eigenvalue weighted by molar-refractivity contribution is -0.676. The van der Waals surface area contributed by atoms with E-state index in [1.54, 1.807) is 0 Å². The number of hydrogen-bond acceptors (Lipinski definition) is 8. The van der Waals surface area contributed by atoms with Crippen molar-refractivity contribution in [3.63, 3.8) is 0 Å². The third kappa shape index (κ3) is 6.77. The molecule has 3 rings (SSSR count). The quantitative estimate of drug-likeness (QED) is 0.198. The van der Waals surface area contributed by atoms with Gasteiger partial charge in [0, 0.05) is 19.0 Å². The lowest BCUT2D eigenvalue weighted by Crippen LogP contribution is -2.40. The summed E-state index contributed by atoms with van der Waals surface area (Å²) in [4.78, 5) is 34.5. The van der Waals surface area contributed by atoms with Crippen LogP contribution in [0, 0.1) is 0 Å². The van der Waals surface area contributed by atoms with Crippen molar-refractivity contribution < 1.29 is 18.9 Å². The van der Waals surface area contributed by atoms with Gasteiger partial charge in [-0.25, -0.2) is 19.1 Å². The third-order valence-corrected chi connectivity index (χ3v) is 6.07. The van der Waals surface area contributed by atoms with Crippen molar-refractivity contribution in [1.29, 1.82) is 0 Å². The standard InChI is InChI=1S/C24H34ClN9O3/c1-5-33-16-8-7-15(37-12-10-28-18(35)9-11-32(3)4)13-17(16)34(6-2)19(33)14-29-24(36)20-22(26)31-23(27)21(25)30-20/h7-8,13H,5-6,9-12,14H2,1-4H3,(H5-,26,27,28,29,31,35,36)/p+1. The van der Waals surface area contributed by atoms with E-state index in [4.69, 9.17) is 27.8 Å². The van der Waals surface area contributed by atoms with E-state index in [-0.39, 0.29) is 34.9 Å². The summed E-state index contributed by atoms with van der Waals surface area (Å²) in [7, 11) is 3.86. The van der Waals surface area contributed by atoms with Gasteiger partial charge in [0.2, 0.25) is 5.91 Å². The molecule has 3 aromatic rings. The molecule has 0 saturated heterocycles. The topological polar surface area (TPSA) is 157 Å². The highest BCUT2D eigenvalue weighted by Crippen LogP contribution is 2.22. The predicted octanol–water partition coefficient (Wildman–Crippen LogP) is 0.953. The van der Waals surface area contributed by atoms with E-state index in [0.29, 0.717) is 45.0 Å². The number of halogens is 1. The molecule has 0 radical (unpaired) electrons. The van der Waals surface area contributed by atoms with E-state index >= 15 is 0 Å². The van der Waals surface area contributed by atoms with E-state index in [9.17, 15) is 9.59 Å². The number of amides is 2. The lowest BCUT2D eigenvalue weighted by atomic mass is 10.3. The first-order valence-electron chi connectivity index (χ1n) is 12.1. The van der Waals surface area contributed by atoms with E-state index in [1.807, 2.05) is 51.0 Å². The molecule has 200 valence electrons. The number of ether oxygens (including phenoxy) is 1. The van der Waals surface area contributed by atoms with Crippen LogP contribution in [0.3, 0.4) is 0 Å². The maximum atomic E-state index is 12.8. The van der Waals surface area contributed by atoms with Crippen LogP contribution in [0.5, 0.6) is 5.75 Å². The summed E-state index contributed by atoms with van der Waals surface area (Å²) in [5.41, 5.74) is 13.3. The molecule has 2 heterocycles. The molecule has 0 aliphatic carbocycles. The SMILES string of the molecule is CCn1c(CNC(=O)c2nc(Cl)c(N)nc2N)[n+](CC)c2ccc(OCCNC(=O)CCN(C)C)cc21. The summed E-state index contributed by atoms with van der Waals surface area (Å²) in [6.45, 7) is 7.16. The Bertz CT molecular complexity index is 1280. The Hall–Kier alpha value is -3.64. The number of hydrogen-bond donors (Lipinski definition) is 4. The van der Waals surface area contributed by atoms with Crippen molar-refractivity contribution >= 4 is 46.1 Å². The number of aromatic nitrogens is 4. The van der Waals surface area contributed by atoms with Crippen LogP contribution in [0.1, 0.15) is 36.6 Å². The molecule has 2 amide bonds. The number of rotatable bonds is 12. The molecule has 12 nitrogen and oxygen atoms in total. The summed E-state index contributed by atoms with van der Waals surface area (Å²) in [6, 6.07) is 5.86. The van der Waals surface area contributed by atoms with Crippen LogP contribution >= 0.6 is 11.6 Å². The number of carbonyl (C=O) groups excluding carboxylic acids is 2. The molecule has 1 aromatic carbocycles. The molecule has 0 aliphatic rings. The zero-order chi connectivity index (χ0) is 27.1. The Morgan fingerprint density at radius 1 is 1.16 bits per heavy atom. The molecule has 37 heavy (non-hydrogen) atoms. The molecular formula is C24H35ClN9O3+. The Morgan fingerprint density at radius 3 is 2.59 bits per heavy atom. The van der Waals surface area contributed by atoms with Gasteiger partial charge in [0.15, 0.2) is 33.5 Å². The van der Waals surface area contributed by atoms with Crippen LogP contribution in [-0.4, -0.2) is 65.0 Å². The highest BCUT2D eigenvalue weighted by Gasteiger charge is 2.25. The highest BCUT2D eigenvalue weighted by molar-refractivity contribution is 6.31. The minimum Gasteiger partial charge on any atom is -0.492 e. The van der Waals surface area contributed by atoms with Gasteiger partial charge in [0.1, 0.15) is 18.9 Å². The second kappa shape index (κ2) is 12.5. The van der Waals surface area contributed by atoms with Crippen LogP contribution in [0.4, 0.5) is 11.6 Å². The van der Waals surface area contributed by atoms with Gasteiger partial charge in [-0.15, -0.1) is 0 Å². The number of fused-ring (bicyclic) bond motifs is 1. The average molecular weight is 533 g/mol. The van der Waals surface area contributed by atoms with Crippen molar-refractivity contribution in [3.8, 4) is 5.75 Å². The number of imidazole rings is 1. The zero-order valence-electron chi connectivity index (χ0n) is 21.7. The van der Waals surface area contributed by atoms with Gasteiger partial charge in [0.25, 0.3) is 11.7 Å². The van der Waals surface area contributed by atoms with E-state index in [2.05, 4.69) is 29.7 Å². The fraction of sp³-hybridized carbons (Fsp3) is 0.458. The number of nitrogens with one attached hydrogen (secondary N) is 2. The number of benzene rings is 1. The van der Waals surface area contributed by atoms with Crippen molar-refractivity contribution in [2.75, 3.05) is 45.3 Å². The maximum Gasteiger partial charge on any atom is 0.277 e. The van der Waals surface area contributed by atoms with Gasteiger partial charge in [-0.05, 0) is 40.1 Å². The van der Waals surface area contributed by atoms with Crippen molar-refractivity contribution in [3.05, 3.63) is 34.9 Å². The van der Waals surface area contributed by atoms with Crippen molar-refractivity contribution in [1.82, 2.24) is 30.1 Å². The Balaban J connectivity index is 1.72. The third-order valence-electron chi connectivity index (χ3n) is 5.79. The maximum absolute atomic E-state index is 12.8. The fourth-order valence-corrected chi connectivity index (χ4v) is 4.11. The molecule has 13 heteroatoms. The second-order valence-electron chi connectivity index (χ2n) is 8.62. The summed E-state index contributed by atoms with van der Waals surface area (Å²) >= 11 is 5.92. The van der Waals surface area contributed by atoms with E-state index in [0.717, 1.165) is 16.9 Å². The molecule has 0 fully saturated rings. The summed E-state index contributed by atoms with van der Waals surface area (Å²) < 4.78 is 10.1. The van der Waals surface area contributed by atoms with Gasteiger partial charge in [0.05, 0.1) is 19.6 Å². The molecule has 2 aromatic heterocycles. The molecule has 0 unspecified atom stereocenters. The summed E-state index contributed by atoms with van der Waals surface area (Å²) in [5.74, 6) is 0.966. The number of nitrogens with two attached hydrogens (primary N) is 2. The zero-order valence-corrected chi connectivity index (χ0v) is 22.4. The van der Waals surface area contributed by atoms with Crippen molar-refractivity contribution in [2.45, 2.75) is 39.9 Å². The van der Waals surface area contributed by atoms with Crippen LogP contribution in [0.2, 0.25) is 5.15 Å². The van der Waals surface area contributed by atoms with Gasteiger partial charge in [-0.1, -0.05) is 11.6 Å². The molecular weight excluding hydrogens is 498 g/mol. The number of carbonyl (C=O) groups is 2. The molecule has 0 bridgehead atoms. The van der Waals surface area contributed by atoms with Crippen LogP contribution in [0.15, 0.2) is 18.2 Å². The van der Waals surface area contributed by atoms with E-state index in [1.165, 1.54) is 0 Å². The summed E-state index contributed by atoms with van der Waals surface area (Å²) in [6.07, 6.45) is 0.448. The fourth-order valence-electron chi connectivity index (χ4n) is 3.98. The normalized spacial score (nSPS) is 11.2. The number of aryl methyl sites for hydroxylation is 2. The number of anilines is 2. The summed E-state index contributed by atoms with van der Waals surface area (Å²) in [5, 5.41) is 5.65. The van der Waals surface area contributed by atoms with Crippen LogP contribution in [0.25, 0.3) is 11.0 Å². The van der Waals surface area contributed by atoms with Gasteiger partial charge >= 0.3 is 0 Å². The first kappa shape index (κ1) is 27.9. The largest absolute Gasteiger partial charge is 0.492 e. The monoisotopic (exact) mass is 532 g/mol. The first-order valence-corrected chi connectivity index (χ1v) is 12.5. The minimum absolute atomic E-state index is 0.00253. The molecule has 0 spiro atoms. The predicted molar refractivity (Wildman–Crippen MR) is 142 cm³/mol. The average Bonchev–Trinajstić information content (AvgIpc) is 3.17. The smallest absolute Gasteiger partial charge is 0.277 e. The second-order valence-corrected chi connectivity index (χ2v) is 8.98. The van der Waals surface area contributed by atoms with Gasteiger partial charge in [-0.3, -0.25) is 9.59 Å². The molecule has 0 atom stereocenters. The number of nitrogens with zero attached hydrogens (tertiary/aromatic N) is 5. The van der Waals surface area contributed by atoms with Crippen LogP contribution < -0.4 is 31.4 Å². The Kier molecular flexibility index (Phi) is 9.48. The van der Waals surface area contributed by atoms with Gasteiger partial charge < -0.3 is 31.7 Å².